The van der Waals surface area contributed by atoms with Crippen molar-refractivity contribution in [2.24, 2.45) is 0 Å². The second-order valence-electron chi connectivity index (χ2n) is 5.12. The maximum Gasteiger partial charge on any atom is 0.416 e. The van der Waals surface area contributed by atoms with Gasteiger partial charge in [0, 0.05) is 0 Å². The average molecular weight is 401 g/mol. The summed E-state index contributed by atoms with van der Waals surface area (Å²) in [5, 5.41) is 10.6. The van der Waals surface area contributed by atoms with Crippen LogP contribution in [0.2, 0.25) is 5.02 Å². The van der Waals surface area contributed by atoms with Gasteiger partial charge < -0.3 is 10.1 Å². The van der Waals surface area contributed by atoms with E-state index in [1.54, 1.807) is 6.07 Å². The fraction of sp³-hybridized carbons (Fsp3) is 0.118. The molecule has 2 rings (SSSR count). The van der Waals surface area contributed by atoms with E-state index in [2.05, 4.69) is 10.1 Å². The molecule has 140 valence electrons. The van der Waals surface area contributed by atoms with Crippen molar-refractivity contribution in [2.75, 3.05) is 11.9 Å². The summed E-state index contributed by atoms with van der Waals surface area (Å²) in [6, 6.07) is 7.02. The van der Waals surface area contributed by atoms with E-state index in [-0.39, 0.29) is 16.3 Å². The molecule has 1 N–H and O–H groups in total. The van der Waals surface area contributed by atoms with Crippen LogP contribution in [-0.2, 0) is 15.7 Å². The molecule has 2 aromatic rings. The van der Waals surface area contributed by atoms with Crippen LogP contribution >= 0.6 is 11.6 Å². The lowest BCUT2D eigenvalue weighted by Crippen LogP contribution is -2.22. The number of nitrogens with zero attached hydrogens (tertiary/aromatic N) is 1. The number of amides is 1. The van der Waals surface area contributed by atoms with E-state index < -0.39 is 41.6 Å². The predicted octanol–water partition coefficient (Wildman–Crippen LogP) is 4.17. The minimum absolute atomic E-state index is 0.0130. The van der Waals surface area contributed by atoms with Crippen molar-refractivity contribution in [3.05, 3.63) is 63.9 Å². The Morgan fingerprint density at radius 1 is 1.19 bits per heavy atom. The number of alkyl halides is 3. The Hall–Kier alpha value is -3.12. The topological polar surface area (TPSA) is 79.2 Å². The second kappa shape index (κ2) is 8.05. The maximum absolute atomic E-state index is 13.7. The highest BCUT2D eigenvalue weighted by atomic mass is 35.5. The van der Waals surface area contributed by atoms with Crippen molar-refractivity contribution in [1.29, 1.82) is 5.26 Å². The number of nitrogens with one attached hydrogen (secondary N) is 1. The fourth-order valence-corrected chi connectivity index (χ4v) is 2.11. The molecule has 0 spiro atoms. The monoisotopic (exact) mass is 400 g/mol. The molecule has 1 amide bonds. The highest BCUT2D eigenvalue weighted by Crippen LogP contribution is 2.33. The van der Waals surface area contributed by atoms with E-state index in [0.717, 1.165) is 24.3 Å². The molecule has 0 atom stereocenters. The molecule has 0 saturated carbocycles. The molecule has 0 aromatic heterocycles. The largest absolute Gasteiger partial charge is 0.452 e. The summed E-state index contributed by atoms with van der Waals surface area (Å²) in [5.74, 6) is -3.17. The summed E-state index contributed by atoms with van der Waals surface area (Å²) in [7, 11) is 0. The van der Waals surface area contributed by atoms with Gasteiger partial charge in [-0.2, -0.15) is 18.4 Å². The number of rotatable bonds is 4. The summed E-state index contributed by atoms with van der Waals surface area (Å²) < 4.78 is 56.4. The molecule has 0 unspecified atom stereocenters. The van der Waals surface area contributed by atoms with Gasteiger partial charge in [-0.1, -0.05) is 11.6 Å². The molecular weight excluding hydrogens is 392 g/mol. The van der Waals surface area contributed by atoms with Crippen LogP contribution in [0.1, 0.15) is 21.5 Å². The van der Waals surface area contributed by atoms with E-state index in [9.17, 15) is 27.2 Å². The van der Waals surface area contributed by atoms with Gasteiger partial charge in [0.1, 0.15) is 5.82 Å². The first-order valence-electron chi connectivity index (χ1n) is 7.15. The van der Waals surface area contributed by atoms with Crippen molar-refractivity contribution in [3.63, 3.8) is 0 Å². The van der Waals surface area contributed by atoms with Gasteiger partial charge in [-0.3, -0.25) is 4.79 Å². The van der Waals surface area contributed by atoms with Gasteiger partial charge in [-0.05, 0) is 36.4 Å². The molecule has 0 bridgehead atoms. The number of benzene rings is 2. The molecule has 2 aromatic carbocycles. The zero-order valence-electron chi connectivity index (χ0n) is 13.2. The second-order valence-corrected chi connectivity index (χ2v) is 5.53. The van der Waals surface area contributed by atoms with Crippen LogP contribution in [0, 0.1) is 17.1 Å². The first-order chi connectivity index (χ1) is 12.6. The SMILES string of the molecule is N#Cc1ccc(C(=O)OCC(=O)Nc2cc(C(F)(F)F)ccc2Cl)c(F)c1. The number of hydrogen-bond acceptors (Lipinski definition) is 4. The molecule has 5 nitrogen and oxygen atoms in total. The van der Waals surface area contributed by atoms with Crippen molar-refractivity contribution in [2.45, 2.75) is 6.18 Å². The van der Waals surface area contributed by atoms with Crippen molar-refractivity contribution in [3.8, 4) is 6.07 Å². The lowest BCUT2D eigenvalue weighted by molar-refractivity contribution is -0.137. The molecule has 27 heavy (non-hydrogen) atoms. The first kappa shape index (κ1) is 20.2. The van der Waals surface area contributed by atoms with Crippen LogP contribution in [0.4, 0.5) is 23.2 Å². The molecule has 0 aliphatic heterocycles. The highest BCUT2D eigenvalue weighted by molar-refractivity contribution is 6.33. The Balaban J connectivity index is 2.03. The average Bonchev–Trinajstić information content (AvgIpc) is 2.60. The molecule has 0 saturated heterocycles. The van der Waals surface area contributed by atoms with Crippen LogP contribution < -0.4 is 5.32 Å². The molecule has 0 heterocycles. The number of anilines is 1. The Morgan fingerprint density at radius 3 is 2.48 bits per heavy atom. The van der Waals surface area contributed by atoms with E-state index in [4.69, 9.17) is 16.9 Å². The van der Waals surface area contributed by atoms with Crippen LogP contribution in [0.5, 0.6) is 0 Å². The normalized spacial score (nSPS) is 10.8. The van der Waals surface area contributed by atoms with Crippen LogP contribution in [0.15, 0.2) is 36.4 Å². The quantitative estimate of drug-likeness (QED) is 0.617. The summed E-state index contributed by atoms with van der Waals surface area (Å²) in [5.41, 5.74) is -1.86. The van der Waals surface area contributed by atoms with Crippen LogP contribution in [0.3, 0.4) is 0 Å². The van der Waals surface area contributed by atoms with Crippen molar-refractivity contribution < 1.29 is 31.9 Å². The molecule has 10 heteroatoms. The summed E-state index contributed by atoms with van der Waals surface area (Å²) in [6.45, 7) is -0.884. The number of halogens is 5. The smallest absolute Gasteiger partial charge is 0.416 e. The van der Waals surface area contributed by atoms with Gasteiger partial charge in [0.2, 0.25) is 0 Å². The molecule has 0 radical (unpaired) electrons. The highest BCUT2D eigenvalue weighted by Gasteiger charge is 2.31. The maximum atomic E-state index is 13.7. The summed E-state index contributed by atoms with van der Waals surface area (Å²) in [4.78, 5) is 23.6. The van der Waals surface area contributed by atoms with Crippen LogP contribution in [0.25, 0.3) is 0 Å². The first-order valence-corrected chi connectivity index (χ1v) is 7.53. The molecule has 0 aliphatic carbocycles. The number of carbonyl (C=O) groups excluding carboxylic acids is 2. The summed E-state index contributed by atoms with van der Waals surface area (Å²) >= 11 is 5.73. The lowest BCUT2D eigenvalue weighted by atomic mass is 10.1. The van der Waals surface area contributed by atoms with Gasteiger partial charge in [0.05, 0.1) is 33.5 Å². The van der Waals surface area contributed by atoms with Gasteiger partial charge in [-0.15, -0.1) is 0 Å². The molecule has 0 aliphatic rings. The number of hydrogen-bond donors (Lipinski definition) is 1. The standard InChI is InChI=1S/C17H9ClF4N2O3/c18-12-4-2-10(17(20,21)22)6-14(12)24-15(25)8-27-16(26)11-3-1-9(7-23)5-13(11)19/h1-6H,8H2,(H,24,25). The number of esters is 1. The molecular formula is C17H9ClF4N2O3. The Kier molecular flexibility index (Phi) is 6.02. The predicted molar refractivity (Wildman–Crippen MR) is 86.5 cm³/mol. The minimum Gasteiger partial charge on any atom is -0.452 e. The van der Waals surface area contributed by atoms with E-state index >= 15 is 0 Å². The zero-order valence-corrected chi connectivity index (χ0v) is 14.0. The third-order valence-electron chi connectivity index (χ3n) is 3.22. The third kappa shape index (κ3) is 5.18. The number of ether oxygens (including phenoxy) is 1. The van der Waals surface area contributed by atoms with Gasteiger partial charge >= 0.3 is 12.1 Å². The Labute approximate surface area is 155 Å². The van der Waals surface area contributed by atoms with Gasteiger partial charge in [0.25, 0.3) is 5.91 Å². The van der Waals surface area contributed by atoms with Crippen molar-refractivity contribution in [1.82, 2.24) is 0 Å². The van der Waals surface area contributed by atoms with E-state index in [1.807, 2.05) is 0 Å². The number of nitriles is 1. The fourth-order valence-electron chi connectivity index (χ4n) is 1.94. The third-order valence-corrected chi connectivity index (χ3v) is 3.55. The molecule has 0 fully saturated rings. The lowest BCUT2D eigenvalue weighted by Gasteiger charge is -2.12. The Bertz CT molecular complexity index is 939. The Morgan fingerprint density at radius 2 is 1.89 bits per heavy atom. The van der Waals surface area contributed by atoms with Crippen molar-refractivity contribution >= 4 is 29.2 Å². The van der Waals surface area contributed by atoms with Gasteiger partial charge in [0.15, 0.2) is 6.61 Å². The van der Waals surface area contributed by atoms with Crippen LogP contribution in [-0.4, -0.2) is 18.5 Å². The minimum atomic E-state index is -4.64. The van der Waals surface area contributed by atoms with E-state index in [1.165, 1.54) is 6.07 Å². The summed E-state index contributed by atoms with van der Waals surface area (Å²) in [6.07, 6.45) is -4.64. The zero-order chi connectivity index (χ0) is 20.2. The van der Waals surface area contributed by atoms with Gasteiger partial charge in [-0.25, -0.2) is 9.18 Å². The number of carbonyl (C=O) groups is 2. The van der Waals surface area contributed by atoms with E-state index in [0.29, 0.717) is 6.07 Å².